The van der Waals surface area contributed by atoms with Crippen LogP contribution in [0.15, 0.2) is 47.1 Å². The third-order valence-corrected chi connectivity index (χ3v) is 3.00. The van der Waals surface area contributed by atoms with Crippen LogP contribution in [0.4, 0.5) is 10.1 Å². The number of nitrogens with zero attached hydrogens (tertiary/aromatic N) is 1. The summed E-state index contributed by atoms with van der Waals surface area (Å²) in [5, 5.41) is 0. The van der Waals surface area contributed by atoms with Gasteiger partial charge in [0.05, 0.1) is 12.8 Å². The summed E-state index contributed by atoms with van der Waals surface area (Å²) in [6, 6.07) is 9.27. The van der Waals surface area contributed by atoms with Crippen molar-refractivity contribution in [2.75, 3.05) is 12.0 Å². The number of methoxy groups -OCH3 is 1. The normalized spacial score (nSPS) is 12.2. The van der Waals surface area contributed by atoms with E-state index >= 15 is 0 Å². The monoisotopic (exact) mass is 277 g/mol. The number of amides is 1. The SMILES string of the molecule is CO[C@H](C)C(=O)N(Cc1ccco1)c1ccc(F)cc1. The number of ether oxygens (including phenoxy) is 1. The molecule has 20 heavy (non-hydrogen) atoms. The van der Waals surface area contributed by atoms with Crippen molar-refractivity contribution in [2.45, 2.75) is 19.6 Å². The van der Waals surface area contributed by atoms with Gasteiger partial charge in [-0.15, -0.1) is 0 Å². The average Bonchev–Trinajstić information content (AvgIpc) is 2.97. The Bertz CT molecular complexity index is 551. The maximum absolute atomic E-state index is 13.0. The smallest absolute Gasteiger partial charge is 0.256 e. The first-order valence-corrected chi connectivity index (χ1v) is 6.24. The topological polar surface area (TPSA) is 42.7 Å². The Labute approximate surface area is 116 Å². The quantitative estimate of drug-likeness (QED) is 0.843. The molecule has 0 saturated carbocycles. The summed E-state index contributed by atoms with van der Waals surface area (Å²) in [5.41, 5.74) is 0.594. The van der Waals surface area contributed by atoms with Gasteiger partial charge in [-0.1, -0.05) is 0 Å². The molecular weight excluding hydrogens is 261 g/mol. The average molecular weight is 277 g/mol. The van der Waals surface area contributed by atoms with E-state index in [9.17, 15) is 9.18 Å². The van der Waals surface area contributed by atoms with Crippen molar-refractivity contribution in [2.24, 2.45) is 0 Å². The lowest BCUT2D eigenvalue weighted by molar-refractivity contribution is -0.127. The highest BCUT2D eigenvalue weighted by Crippen LogP contribution is 2.19. The van der Waals surface area contributed by atoms with Crippen molar-refractivity contribution in [1.82, 2.24) is 0 Å². The Hall–Kier alpha value is -2.14. The number of carbonyl (C=O) groups excluding carboxylic acids is 1. The third kappa shape index (κ3) is 3.24. The molecular formula is C15H16FNO3. The van der Waals surface area contributed by atoms with E-state index in [1.54, 1.807) is 37.5 Å². The molecule has 0 N–H and O–H groups in total. The predicted octanol–water partition coefficient (Wildman–Crippen LogP) is 2.99. The molecule has 0 bridgehead atoms. The minimum atomic E-state index is -0.588. The number of carbonyl (C=O) groups is 1. The molecule has 0 saturated heterocycles. The second-order valence-electron chi connectivity index (χ2n) is 4.36. The van der Waals surface area contributed by atoms with Crippen molar-refractivity contribution >= 4 is 11.6 Å². The van der Waals surface area contributed by atoms with Crippen LogP contribution in [0, 0.1) is 5.82 Å². The van der Waals surface area contributed by atoms with Crippen LogP contribution in [0.2, 0.25) is 0 Å². The molecule has 1 amide bonds. The second-order valence-corrected chi connectivity index (χ2v) is 4.36. The minimum absolute atomic E-state index is 0.212. The van der Waals surface area contributed by atoms with Gasteiger partial charge in [0.2, 0.25) is 0 Å². The van der Waals surface area contributed by atoms with Gasteiger partial charge in [0.25, 0.3) is 5.91 Å². The fourth-order valence-corrected chi connectivity index (χ4v) is 1.80. The highest BCUT2D eigenvalue weighted by molar-refractivity contribution is 5.96. The summed E-state index contributed by atoms with van der Waals surface area (Å²) >= 11 is 0. The molecule has 1 aromatic heterocycles. The number of anilines is 1. The molecule has 0 aliphatic rings. The van der Waals surface area contributed by atoms with E-state index in [0.717, 1.165) is 0 Å². The van der Waals surface area contributed by atoms with E-state index < -0.39 is 6.10 Å². The number of benzene rings is 1. The Kier molecular flexibility index (Phi) is 4.53. The first-order valence-electron chi connectivity index (χ1n) is 6.24. The molecule has 0 aliphatic heterocycles. The van der Waals surface area contributed by atoms with Crippen LogP contribution in [0.3, 0.4) is 0 Å². The van der Waals surface area contributed by atoms with Crippen molar-refractivity contribution in [3.8, 4) is 0 Å². The van der Waals surface area contributed by atoms with Crippen molar-refractivity contribution in [3.05, 3.63) is 54.2 Å². The summed E-state index contributed by atoms with van der Waals surface area (Å²) in [6.07, 6.45) is 0.956. The van der Waals surface area contributed by atoms with Crippen LogP contribution in [-0.4, -0.2) is 19.1 Å². The zero-order chi connectivity index (χ0) is 14.5. The Morgan fingerprint density at radius 1 is 1.35 bits per heavy atom. The lowest BCUT2D eigenvalue weighted by atomic mass is 10.2. The van der Waals surface area contributed by atoms with Crippen molar-refractivity contribution in [3.63, 3.8) is 0 Å². The lowest BCUT2D eigenvalue weighted by Crippen LogP contribution is -2.38. The number of halogens is 1. The molecule has 0 spiro atoms. The third-order valence-electron chi connectivity index (χ3n) is 3.00. The van der Waals surface area contributed by atoms with Gasteiger partial charge in [0.15, 0.2) is 0 Å². The molecule has 1 aromatic carbocycles. The summed E-state index contributed by atoms with van der Waals surface area (Å²) in [5.74, 6) is 0.0837. The van der Waals surface area contributed by atoms with E-state index in [1.165, 1.54) is 24.1 Å². The van der Waals surface area contributed by atoms with Crippen molar-refractivity contribution in [1.29, 1.82) is 0 Å². The van der Waals surface area contributed by atoms with E-state index in [1.807, 2.05) is 0 Å². The van der Waals surface area contributed by atoms with Gasteiger partial charge in [0, 0.05) is 12.8 Å². The summed E-state index contributed by atoms with van der Waals surface area (Å²) in [6.45, 7) is 1.94. The summed E-state index contributed by atoms with van der Waals surface area (Å²) < 4.78 is 23.3. The van der Waals surface area contributed by atoms with Crippen LogP contribution in [0.1, 0.15) is 12.7 Å². The first-order chi connectivity index (χ1) is 9.61. The molecule has 2 rings (SSSR count). The van der Waals surface area contributed by atoms with Crippen LogP contribution < -0.4 is 4.90 Å². The zero-order valence-corrected chi connectivity index (χ0v) is 11.4. The van der Waals surface area contributed by atoms with Gasteiger partial charge < -0.3 is 14.1 Å². The maximum Gasteiger partial charge on any atom is 0.256 e. The van der Waals surface area contributed by atoms with Gasteiger partial charge in [-0.3, -0.25) is 4.79 Å². The van der Waals surface area contributed by atoms with Crippen LogP contribution in [0.5, 0.6) is 0 Å². The number of hydrogen-bond donors (Lipinski definition) is 0. The minimum Gasteiger partial charge on any atom is -0.467 e. The molecule has 106 valence electrons. The molecule has 0 radical (unpaired) electrons. The Morgan fingerprint density at radius 3 is 2.60 bits per heavy atom. The van der Waals surface area contributed by atoms with E-state index in [-0.39, 0.29) is 18.3 Å². The lowest BCUT2D eigenvalue weighted by Gasteiger charge is -2.24. The predicted molar refractivity (Wildman–Crippen MR) is 72.8 cm³/mol. The maximum atomic E-state index is 13.0. The van der Waals surface area contributed by atoms with Crippen molar-refractivity contribution < 1.29 is 18.3 Å². The fraction of sp³-hybridized carbons (Fsp3) is 0.267. The van der Waals surface area contributed by atoms with Gasteiger partial charge in [-0.25, -0.2) is 4.39 Å². The van der Waals surface area contributed by atoms with Crippen LogP contribution in [0.25, 0.3) is 0 Å². The summed E-state index contributed by atoms with van der Waals surface area (Å²) in [4.78, 5) is 13.9. The Balaban J connectivity index is 2.28. The molecule has 1 atom stereocenters. The molecule has 0 unspecified atom stereocenters. The molecule has 1 heterocycles. The molecule has 5 heteroatoms. The van der Waals surface area contributed by atoms with Gasteiger partial charge >= 0.3 is 0 Å². The second kappa shape index (κ2) is 6.34. The van der Waals surface area contributed by atoms with Gasteiger partial charge in [0.1, 0.15) is 17.7 Å². The molecule has 0 fully saturated rings. The largest absolute Gasteiger partial charge is 0.467 e. The highest BCUT2D eigenvalue weighted by atomic mass is 19.1. The highest BCUT2D eigenvalue weighted by Gasteiger charge is 2.22. The van der Waals surface area contributed by atoms with E-state index in [2.05, 4.69) is 0 Å². The zero-order valence-electron chi connectivity index (χ0n) is 11.4. The number of hydrogen-bond acceptors (Lipinski definition) is 3. The van der Waals surface area contributed by atoms with E-state index in [4.69, 9.17) is 9.15 Å². The molecule has 0 aliphatic carbocycles. The molecule has 2 aromatic rings. The summed E-state index contributed by atoms with van der Waals surface area (Å²) in [7, 11) is 1.47. The first kappa shape index (κ1) is 14.3. The number of rotatable bonds is 5. The standard InChI is InChI=1S/C15H16FNO3/c1-11(19-2)15(18)17(10-14-4-3-9-20-14)13-7-5-12(16)6-8-13/h3-9,11H,10H2,1-2H3/t11-/m1/s1. The number of furan rings is 1. The van der Waals surface area contributed by atoms with Crippen LogP contribution in [-0.2, 0) is 16.1 Å². The fourth-order valence-electron chi connectivity index (χ4n) is 1.80. The Morgan fingerprint density at radius 2 is 2.05 bits per heavy atom. The van der Waals surface area contributed by atoms with Crippen LogP contribution >= 0.6 is 0 Å². The van der Waals surface area contributed by atoms with Gasteiger partial charge in [-0.2, -0.15) is 0 Å². The van der Waals surface area contributed by atoms with Gasteiger partial charge in [-0.05, 0) is 43.3 Å². The molecule has 4 nitrogen and oxygen atoms in total. The van der Waals surface area contributed by atoms with E-state index in [0.29, 0.717) is 11.4 Å².